The summed E-state index contributed by atoms with van der Waals surface area (Å²) in [5.41, 5.74) is 2.28. The lowest BCUT2D eigenvalue weighted by Crippen LogP contribution is -2.51. The summed E-state index contributed by atoms with van der Waals surface area (Å²) < 4.78 is 5.25. The van der Waals surface area contributed by atoms with Gasteiger partial charge in [0.1, 0.15) is 18.4 Å². The lowest BCUT2D eigenvalue weighted by atomic mass is 10.1. The van der Waals surface area contributed by atoms with Gasteiger partial charge in [-0.15, -0.1) is 0 Å². The Bertz CT molecular complexity index is 829. The van der Waals surface area contributed by atoms with Crippen molar-refractivity contribution in [2.75, 3.05) is 0 Å². The molecule has 8 nitrogen and oxygen atoms in total. The Balaban J connectivity index is 2.06. The van der Waals surface area contributed by atoms with Crippen LogP contribution in [-0.4, -0.2) is 39.4 Å². The predicted octanol–water partition coefficient (Wildman–Crippen LogP) is 0.156. The predicted molar refractivity (Wildman–Crippen MR) is 89.9 cm³/mol. The quantitative estimate of drug-likeness (QED) is 0.294. The minimum Gasteiger partial charge on any atom is -0.450 e. The van der Waals surface area contributed by atoms with E-state index in [0.717, 1.165) is 0 Å². The monoisotopic (exact) mass is 358 g/mol. The van der Waals surface area contributed by atoms with Gasteiger partial charge < -0.3 is 19.9 Å². The van der Waals surface area contributed by atoms with E-state index in [9.17, 15) is 14.7 Å². The van der Waals surface area contributed by atoms with Crippen molar-refractivity contribution in [2.45, 2.75) is 25.7 Å². The maximum atomic E-state index is 12.1. The van der Waals surface area contributed by atoms with Crippen LogP contribution >= 0.6 is 0 Å². The van der Waals surface area contributed by atoms with Crippen molar-refractivity contribution >= 4 is 11.8 Å². The third-order valence-corrected chi connectivity index (χ3v) is 3.46. The van der Waals surface area contributed by atoms with E-state index in [4.69, 9.17) is 14.7 Å². The maximum Gasteiger partial charge on any atom is 0.268 e. The Morgan fingerprint density at radius 2 is 1.85 bits per heavy atom. The van der Waals surface area contributed by atoms with Gasteiger partial charge in [-0.2, -0.15) is 0 Å². The molecule has 0 radical (unpaired) electrons. The zero-order valence-corrected chi connectivity index (χ0v) is 13.9. The summed E-state index contributed by atoms with van der Waals surface area (Å²) in [4.78, 5) is 23.6. The Labute approximate surface area is 149 Å². The Kier molecular flexibility index (Phi) is 6.52. The number of carbonyl (C=O) groups excluding carboxylic acids is 2. The summed E-state index contributed by atoms with van der Waals surface area (Å²) in [5, 5.41) is 29.4. The average Bonchev–Trinajstić information content (AvgIpc) is 3.12. The number of furan rings is 1. The first-order valence-electron chi connectivity index (χ1n) is 7.69. The molecule has 0 aliphatic carbocycles. The minimum atomic E-state index is -1.29. The van der Waals surface area contributed by atoms with Crippen LogP contribution in [0.3, 0.4) is 0 Å². The molecule has 0 fully saturated rings. The minimum absolute atomic E-state index is 0.201. The molecule has 0 bridgehead atoms. The van der Waals surface area contributed by atoms with Gasteiger partial charge in [0.25, 0.3) is 11.8 Å². The summed E-state index contributed by atoms with van der Waals surface area (Å²) in [7, 11) is 0. The SMILES string of the molecule is CC(O)C(NC(=O)c1ccc(C#Cc2ccc(CO)o2)cc1)C(=O)NO. The first-order chi connectivity index (χ1) is 12.4. The smallest absolute Gasteiger partial charge is 0.268 e. The molecule has 0 saturated carbocycles. The normalized spacial score (nSPS) is 12.5. The molecule has 1 aromatic carbocycles. The third-order valence-electron chi connectivity index (χ3n) is 3.46. The molecule has 0 spiro atoms. The van der Waals surface area contributed by atoms with Crippen molar-refractivity contribution in [3.05, 3.63) is 59.0 Å². The zero-order valence-electron chi connectivity index (χ0n) is 13.9. The van der Waals surface area contributed by atoms with Gasteiger partial charge in [-0.05, 0) is 49.2 Å². The van der Waals surface area contributed by atoms with E-state index in [1.54, 1.807) is 24.3 Å². The summed E-state index contributed by atoms with van der Waals surface area (Å²) in [5.74, 6) is 4.97. The van der Waals surface area contributed by atoms with Gasteiger partial charge in [-0.25, -0.2) is 5.48 Å². The number of aliphatic hydroxyl groups excluding tert-OH is 2. The molecular weight excluding hydrogens is 340 g/mol. The molecule has 8 heteroatoms. The molecule has 26 heavy (non-hydrogen) atoms. The van der Waals surface area contributed by atoms with E-state index < -0.39 is 24.0 Å². The number of hydrogen-bond acceptors (Lipinski definition) is 6. The van der Waals surface area contributed by atoms with Gasteiger partial charge in [0.15, 0.2) is 5.76 Å². The van der Waals surface area contributed by atoms with Crippen LogP contribution in [0.2, 0.25) is 0 Å². The zero-order chi connectivity index (χ0) is 19.1. The fourth-order valence-corrected chi connectivity index (χ4v) is 2.07. The molecule has 0 saturated heterocycles. The number of amides is 2. The van der Waals surface area contributed by atoms with Gasteiger partial charge in [-0.3, -0.25) is 14.8 Å². The number of carbonyl (C=O) groups is 2. The molecule has 2 amide bonds. The lowest BCUT2D eigenvalue weighted by molar-refractivity contribution is -0.133. The van der Waals surface area contributed by atoms with Gasteiger partial charge in [-0.1, -0.05) is 5.92 Å². The van der Waals surface area contributed by atoms with Crippen LogP contribution in [-0.2, 0) is 11.4 Å². The molecule has 2 unspecified atom stereocenters. The number of rotatable bonds is 5. The van der Waals surface area contributed by atoms with Crippen molar-refractivity contribution in [1.82, 2.24) is 10.8 Å². The van der Waals surface area contributed by atoms with Crippen molar-refractivity contribution < 1.29 is 29.4 Å². The van der Waals surface area contributed by atoms with E-state index in [1.165, 1.54) is 24.5 Å². The highest BCUT2D eigenvalue weighted by Gasteiger charge is 2.25. The number of hydrogen-bond donors (Lipinski definition) is 5. The molecule has 5 N–H and O–H groups in total. The maximum absolute atomic E-state index is 12.1. The van der Waals surface area contributed by atoms with Crippen LogP contribution in [0.15, 0.2) is 40.8 Å². The summed E-state index contributed by atoms with van der Waals surface area (Å²) in [6.45, 7) is 1.11. The van der Waals surface area contributed by atoms with Crippen LogP contribution < -0.4 is 10.8 Å². The molecule has 2 aromatic rings. The third kappa shape index (κ3) is 4.94. The molecule has 136 valence electrons. The number of aliphatic hydroxyl groups is 2. The topological polar surface area (TPSA) is 132 Å². The standard InChI is InChI=1S/C18H18N2O6/c1-11(22)16(18(24)20-25)19-17(23)13-5-2-12(3-6-13)4-7-14-8-9-15(10-21)26-14/h2-3,5-6,8-9,11,16,21-22,25H,10H2,1H3,(H,19,23)(H,20,24). The Morgan fingerprint density at radius 3 is 2.38 bits per heavy atom. The second-order valence-corrected chi connectivity index (χ2v) is 5.42. The Morgan fingerprint density at radius 1 is 1.15 bits per heavy atom. The first-order valence-corrected chi connectivity index (χ1v) is 7.69. The molecule has 0 aliphatic rings. The fourth-order valence-electron chi connectivity index (χ4n) is 2.07. The molecule has 1 aromatic heterocycles. The second-order valence-electron chi connectivity index (χ2n) is 5.42. The van der Waals surface area contributed by atoms with Crippen LogP contribution in [0.25, 0.3) is 0 Å². The molecule has 0 aliphatic heterocycles. The molecule has 2 atom stereocenters. The van der Waals surface area contributed by atoms with Crippen LogP contribution in [0.5, 0.6) is 0 Å². The number of nitrogens with one attached hydrogen (secondary N) is 2. The molecule has 2 rings (SSSR count). The van der Waals surface area contributed by atoms with E-state index >= 15 is 0 Å². The average molecular weight is 358 g/mol. The lowest BCUT2D eigenvalue weighted by Gasteiger charge is -2.19. The number of hydroxylamine groups is 1. The number of benzene rings is 1. The largest absolute Gasteiger partial charge is 0.450 e. The fraction of sp³-hybridized carbons (Fsp3) is 0.222. The van der Waals surface area contributed by atoms with Crippen molar-refractivity contribution in [3.63, 3.8) is 0 Å². The van der Waals surface area contributed by atoms with E-state index in [1.807, 2.05) is 0 Å². The van der Waals surface area contributed by atoms with Gasteiger partial charge in [0, 0.05) is 11.1 Å². The van der Waals surface area contributed by atoms with Crippen molar-refractivity contribution in [2.24, 2.45) is 0 Å². The highest BCUT2D eigenvalue weighted by molar-refractivity contribution is 5.97. The second kappa shape index (κ2) is 8.82. The summed E-state index contributed by atoms with van der Waals surface area (Å²) in [6.07, 6.45) is -1.19. The van der Waals surface area contributed by atoms with Crippen LogP contribution in [0.4, 0.5) is 0 Å². The highest BCUT2D eigenvalue weighted by atomic mass is 16.5. The molecule has 1 heterocycles. The van der Waals surface area contributed by atoms with Crippen molar-refractivity contribution in [3.8, 4) is 11.8 Å². The van der Waals surface area contributed by atoms with E-state index in [-0.39, 0.29) is 12.2 Å². The van der Waals surface area contributed by atoms with Gasteiger partial charge >= 0.3 is 0 Å². The summed E-state index contributed by atoms with van der Waals surface area (Å²) >= 11 is 0. The Hall–Kier alpha value is -3.12. The van der Waals surface area contributed by atoms with E-state index in [0.29, 0.717) is 17.1 Å². The van der Waals surface area contributed by atoms with Gasteiger partial charge in [0.05, 0.1) is 6.10 Å². The van der Waals surface area contributed by atoms with Crippen molar-refractivity contribution in [1.29, 1.82) is 0 Å². The van der Waals surface area contributed by atoms with Gasteiger partial charge in [0.2, 0.25) is 0 Å². The van der Waals surface area contributed by atoms with E-state index in [2.05, 4.69) is 17.2 Å². The van der Waals surface area contributed by atoms with Crippen LogP contribution in [0.1, 0.15) is 34.4 Å². The van der Waals surface area contributed by atoms with Crippen LogP contribution in [0, 0.1) is 11.8 Å². The molecular formula is C18H18N2O6. The summed E-state index contributed by atoms with van der Waals surface area (Å²) in [6, 6.07) is 8.23. The highest BCUT2D eigenvalue weighted by Crippen LogP contribution is 2.08. The first kappa shape index (κ1) is 19.2.